The van der Waals surface area contributed by atoms with Crippen LogP contribution >= 0.6 is 0 Å². The second kappa shape index (κ2) is 12.7. The third kappa shape index (κ3) is 6.81. The van der Waals surface area contributed by atoms with Gasteiger partial charge in [-0.05, 0) is 114 Å². The van der Waals surface area contributed by atoms with Crippen LogP contribution in [0.2, 0.25) is 0 Å². The smallest absolute Gasteiger partial charge is 0.411 e. The van der Waals surface area contributed by atoms with E-state index in [1.807, 2.05) is 43.3 Å². The minimum atomic E-state index is -0.718. The minimum absolute atomic E-state index is 0.0169. The van der Waals surface area contributed by atoms with Gasteiger partial charge in [0.15, 0.2) is 5.78 Å². The van der Waals surface area contributed by atoms with Crippen molar-refractivity contribution in [3.63, 3.8) is 0 Å². The zero-order valence-corrected chi connectivity index (χ0v) is 26.4. The first-order valence-electron chi connectivity index (χ1n) is 15.6. The third-order valence-corrected chi connectivity index (χ3v) is 9.01. The summed E-state index contributed by atoms with van der Waals surface area (Å²) in [5, 5.41) is 9.93. The van der Waals surface area contributed by atoms with Crippen molar-refractivity contribution in [3.05, 3.63) is 53.3 Å². The van der Waals surface area contributed by atoms with E-state index in [0.717, 1.165) is 49.0 Å². The highest BCUT2D eigenvalue weighted by atomic mass is 19.1. The molecule has 2 aromatic carbocycles. The summed E-state index contributed by atoms with van der Waals surface area (Å²) in [5.41, 5.74) is 3.04. The molecule has 0 radical (unpaired) electrons. The molecule has 2 fully saturated rings. The van der Waals surface area contributed by atoms with Crippen molar-refractivity contribution in [2.45, 2.75) is 83.4 Å². The van der Waals surface area contributed by atoms with Gasteiger partial charge in [0.1, 0.15) is 11.4 Å². The summed E-state index contributed by atoms with van der Waals surface area (Å²) < 4.78 is 21.0. The number of carbonyl (C=O) groups excluding carboxylic acids is 3. The minimum Gasteiger partial charge on any atom is -0.444 e. The molecule has 2 amide bonds. The van der Waals surface area contributed by atoms with Crippen molar-refractivity contribution in [1.29, 1.82) is 5.26 Å². The second-order valence-electron chi connectivity index (χ2n) is 13.8. The van der Waals surface area contributed by atoms with Crippen LogP contribution in [0.1, 0.15) is 64.0 Å². The summed E-state index contributed by atoms with van der Waals surface area (Å²) in [5.74, 6) is -1.17. The van der Waals surface area contributed by atoms with Crippen LogP contribution in [-0.2, 0) is 27.2 Å². The Morgan fingerprint density at radius 3 is 2.55 bits per heavy atom. The zero-order chi connectivity index (χ0) is 31.8. The number of carbonyl (C=O) groups is 3. The highest BCUT2D eigenvalue weighted by Crippen LogP contribution is 2.44. The molecular formula is C35H43FN4O4. The Balaban J connectivity index is 1.26. The van der Waals surface area contributed by atoms with Crippen LogP contribution in [0.15, 0.2) is 36.4 Å². The van der Waals surface area contributed by atoms with E-state index in [1.54, 1.807) is 31.7 Å². The van der Waals surface area contributed by atoms with Crippen molar-refractivity contribution in [2.24, 2.45) is 11.8 Å². The lowest BCUT2D eigenvalue weighted by atomic mass is 9.87. The Morgan fingerprint density at radius 1 is 1.14 bits per heavy atom. The van der Waals surface area contributed by atoms with Crippen molar-refractivity contribution < 1.29 is 23.5 Å². The van der Waals surface area contributed by atoms with E-state index in [4.69, 9.17) is 4.74 Å². The first-order chi connectivity index (χ1) is 20.8. The summed E-state index contributed by atoms with van der Waals surface area (Å²) in [7, 11) is 4.01. The number of likely N-dealkylation sites (tertiary alicyclic amines) is 1. The number of hydrogen-bond acceptors (Lipinski definition) is 6. The molecule has 8 nitrogen and oxygen atoms in total. The molecule has 9 heteroatoms. The Labute approximate surface area is 259 Å². The van der Waals surface area contributed by atoms with Gasteiger partial charge in [-0.1, -0.05) is 24.3 Å². The van der Waals surface area contributed by atoms with Crippen molar-refractivity contribution in [3.8, 4) is 17.2 Å². The number of anilines is 1. The van der Waals surface area contributed by atoms with Crippen molar-refractivity contribution >= 4 is 23.5 Å². The first kappa shape index (κ1) is 31.6. The standard InChI is InChI=1S/C35H43FN4O4/c1-35(2,3)44-34(43)40-28-12-11-27(17-28)33(40)31(41)16-22(21-37)15-25-9-7-23(18-29(25)36)24-8-10-26-20-32(42)39(30(26)19-24)14-6-13-38(4)5/h7-10,18-19,22,27-28,33H,6,11-17,20H2,1-5H3/t22-,27+,28-,33+/m1/s1. The van der Waals surface area contributed by atoms with Gasteiger partial charge in [0, 0.05) is 24.7 Å². The van der Waals surface area contributed by atoms with Crippen LogP contribution in [0.5, 0.6) is 0 Å². The molecule has 4 atom stereocenters. The number of fused-ring (bicyclic) bond motifs is 3. The van der Waals surface area contributed by atoms with E-state index >= 15 is 4.39 Å². The number of ether oxygens (including phenoxy) is 1. The predicted molar refractivity (Wildman–Crippen MR) is 166 cm³/mol. The molecule has 1 aliphatic carbocycles. The van der Waals surface area contributed by atoms with Crippen LogP contribution in [0.4, 0.5) is 14.9 Å². The quantitative estimate of drug-likeness (QED) is 0.343. The normalized spacial score (nSPS) is 21.5. The molecule has 0 N–H and O–H groups in total. The largest absolute Gasteiger partial charge is 0.444 e. The number of benzene rings is 2. The van der Waals surface area contributed by atoms with Crippen LogP contribution in [0.25, 0.3) is 11.1 Å². The summed E-state index contributed by atoms with van der Waals surface area (Å²) in [6, 6.07) is 12.3. The van der Waals surface area contributed by atoms with E-state index in [2.05, 4.69) is 11.0 Å². The molecule has 2 aromatic rings. The maximum atomic E-state index is 15.4. The zero-order valence-electron chi connectivity index (χ0n) is 26.4. The lowest BCUT2D eigenvalue weighted by Crippen LogP contribution is -2.51. The first-order valence-corrected chi connectivity index (χ1v) is 15.6. The molecule has 1 saturated heterocycles. The van der Waals surface area contributed by atoms with Gasteiger partial charge in [-0.2, -0.15) is 5.26 Å². The molecule has 234 valence electrons. The van der Waals surface area contributed by atoms with Gasteiger partial charge in [-0.25, -0.2) is 9.18 Å². The number of nitrogens with zero attached hydrogens (tertiary/aromatic N) is 4. The number of ketones is 1. The number of hydrogen-bond donors (Lipinski definition) is 0. The fourth-order valence-corrected chi connectivity index (χ4v) is 6.99. The lowest BCUT2D eigenvalue weighted by molar-refractivity contribution is -0.126. The van der Waals surface area contributed by atoms with Crippen molar-refractivity contribution in [1.82, 2.24) is 9.80 Å². The molecule has 3 aliphatic rings. The molecule has 1 saturated carbocycles. The summed E-state index contributed by atoms with van der Waals surface area (Å²) in [6.07, 6.45) is 3.29. The molecule has 2 bridgehead atoms. The Bertz CT molecular complexity index is 1480. The topological polar surface area (TPSA) is 94.0 Å². The Hall–Kier alpha value is -3.77. The van der Waals surface area contributed by atoms with Crippen molar-refractivity contribution in [2.75, 3.05) is 32.1 Å². The number of rotatable bonds is 10. The molecule has 44 heavy (non-hydrogen) atoms. The fraction of sp³-hybridized carbons (Fsp3) is 0.543. The molecule has 2 heterocycles. The van der Waals surface area contributed by atoms with E-state index < -0.39 is 29.5 Å². The lowest BCUT2D eigenvalue weighted by Gasteiger charge is -2.35. The van der Waals surface area contributed by atoms with Crippen LogP contribution in [0, 0.1) is 29.0 Å². The maximum Gasteiger partial charge on any atom is 0.411 e. The van der Waals surface area contributed by atoms with Gasteiger partial charge in [-0.3, -0.25) is 14.5 Å². The molecule has 2 aliphatic heterocycles. The summed E-state index contributed by atoms with van der Waals surface area (Å²) >= 11 is 0. The molecule has 5 rings (SSSR count). The van der Waals surface area contributed by atoms with Crippen LogP contribution < -0.4 is 4.90 Å². The van der Waals surface area contributed by atoms with E-state index in [-0.39, 0.29) is 36.5 Å². The Kier molecular flexibility index (Phi) is 9.12. The Morgan fingerprint density at radius 2 is 1.86 bits per heavy atom. The summed E-state index contributed by atoms with van der Waals surface area (Å²) in [6.45, 7) is 6.91. The van der Waals surface area contributed by atoms with E-state index in [9.17, 15) is 19.6 Å². The fourth-order valence-electron chi connectivity index (χ4n) is 6.99. The molecular weight excluding hydrogens is 559 g/mol. The highest BCUT2D eigenvalue weighted by Gasteiger charge is 2.52. The monoisotopic (exact) mass is 602 g/mol. The second-order valence-corrected chi connectivity index (χ2v) is 13.8. The van der Waals surface area contributed by atoms with Gasteiger partial charge < -0.3 is 14.5 Å². The van der Waals surface area contributed by atoms with Gasteiger partial charge in [-0.15, -0.1) is 0 Å². The molecule has 0 unspecified atom stereocenters. The van der Waals surface area contributed by atoms with E-state index in [0.29, 0.717) is 24.1 Å². The van der Waals surface area contributed by atoms with Gasteiger partial charge in [0.2, 0.25) is 5.91 Å². The predicted octanol–water partition coefficient (Wildman–Crippen LogP) is 5.76. The SMILES string of the molecule is CN(C)CCCN1C(=O)Cc2ccc(-c3ccc(C[C@@H](C#N)CC(=O)[C@@H]4[C@H]5CC[C@H](C5)N4C(=O)OC(C)(C)C)c(F)c3)cc21. The van der Waals surface area contributed by atoms with E-state index in [1.165, 1.54) is 6.07 Å². The third-order valence-electron chi connectivity index (χ3n) is 9.01. The van der Waals surface area contributed by atoms with Gasteiger partial charge >= 0.3 is 6.09 Å². The highest BCUT2D eigenvalue weighted by molar-refractivity contribution is 6.02. The maximum absolute atomic E-state index is 15.4. The molecule has 0 spiro atoms. The molecule has 0 aromatic heterocycles. The number of amides is 2. The number of halogens is 1. The number of piperidine rings is 1. The summed E-state index contributed by atoms with van der Waals surface area (Å²) in [4.78, 5) is 44.7. The number of Topliss-reactive ketones (excluding diaryl/α,β-unsaturated/α-hetero) is 1. The van der Waals surface area contributed by atoms with Gasteiger partial charge in [0.25, 0.3) is 0 Å². The average Bonchev–Trinajstić information content (AvgIpc) is 3.65. The van der Waals surface area contributed by atoms with Gasteiger partial charge in [0.05, 0.1) is 24.4 Å². The van der Waals surface area contributed by atoms with Crippen LogP contribution in [0.3, 0.4) is 0 Å². The number of nitriles is 1. The average molecular weight is 603 g/mol. The van der Waals surface area contributed by atoms with Crippen LogP contribution in [-0.4, -0.2) is 72.5 Å².